The topological polar surface area (TPSA) is 103 Å². The molecule has 1 aliphatic heterocycles. The van der Waals surface area contributed by atoms with E-state index in [1.807, 2.05) is 18.4 Å². The number of halogens is 3. The molecule has 12 heteroatoms. The lowest BCUT2D eigenvalue weighted by Crippen LogP contribution is -2.61. The van der Waals surface area contributed by atoms with E-state index < -0.39 is 36.1 Å². The number of thioether (sulfide) groups is 1. The van der Waals surface area contributed by atoms with Crippen LogP contribution in [0.2, 0.25) is 0 Å². The average Bonchev–Trinajstić information content (AvgIpc) is 2.92. The fraction of sp³-hybridized carbons (Fsp3) is 0.483. The number of benzene rings is 2. The molecule has 0 radical (unpaired) electrons. The minimum Gasteiger partial charge on any atom is -0.382 e. The van der Waals surface area contributed by atoms with Gasteiger partial charge in [0.15, 0.2) is 0 Å². The van der Waals surface area contributed by atoms with Gasteiger partial charge in [0.25, 0.3) is 11.8 Å². The van der Waals surface area contributed by atoms with E-state index in [0.29, 0.717) is 18.5 Å². The van der Waals surface area contributed by atoms with Crippen molar-refractivity contribution in [1.29, 1.82) is 0 Å². The van der Waals surface area contributed by atoms with Crippen molar-refractivity contribution < 1.29 is 27.6 Å². The highest BCUT2D eigenvalue weighted by Gasteiger charge is 2.33. The number of rotatable bonds is 11. The Morgan fingerprint density at radius 1 is 1.02 bits per heavy atom. The van der Waals surface area contributed by atoms with Gasteiger partial charge in [-0.05, 0) is 82.0 Å². The largest absolute Gasteiger partial charge is 0.416 e. The van der Waals surface area contributed by atoms with Crippen LogP contribution in [0.15, 0.2) is 47.4 Å². The number of nitrogens with one attached hydrogen (secondary N) is 4. The van der Waals surface area contributed by atoms with Gasteiger partial charge in [-0.25, -0.2) is 0 Å². The predicted octanol–water partition coefficient (Wildman–Crippen LogP) is 4.38. The normalized spacial score (nSPS) is 17.7. The first kappa shape index (κ1) is 32.3. The number of alkyl halides is 3. The summed E-state index contributed by atoms with van der Waals surface area (Å²) in [5, 5.41) is 11.4. The third-order valence-electron chi connectivity index (χ3n) is 6.70. The smallest absolute Gasteiger partial charge is 0.382 e. The van der Waals surface area contributed by atoms with Crippen molar-refractivity contribution in [3.8, 4) is 0 Å². The van der Waals surface area contributed by atoms with Gasteiger partial charge in [-0.15, -0.1) is 11.8 Å². The maximum Gasteiger partial charge on any atom is 0.416 e. The zero-order chi connectivity index (χ0) is 30.2. The summed E-state index contributed by atoms with van der Waals surface area (Å²) in [4.78, 5) is 42.0. The molecule has 1 saturated heterocycles. The zero-order valence-corrected chi connectivity index (χ0v) is 24.5. The van der Waals surface area contributed by atoms with Crippen LogP contribution in [0.25, 0.3) is 0 Å². The summed E-state index contributed by atoms with van der Waals surface area (Å²) in [6.45, 7) is 7.33. The highest BCUT2D eigenvalue weighted by atomic mass is 32.2. The van der Waals surface area contributed by atoms with Gasteiger partial charge in [-0.2, -0.15) is 13.2 Å². The maximum absolute atomic E-state index is 13.3. The van der Waals surface area contributed by atoms with Crippen molar-refractivity contribution in [3.63, 3.8) is 0 Å². The maximum atomic E-state index is 13.3. The van der Waals surface area contributed by atoms with E-state index in [9.17, 15) is 27.6 Å². The van der Waals surface area contributed by atoms with Crippen LogP contribution < -0.4 is 21.3 Å². The molecule has 0 aliphatic carbocycles. The van der Waals surface area contributed by atoms with Crippen LogP contribution in [-0.2, 0) is 11.0 Å². The number of anilines is 1. The fourth-order valence-corrected chi connectivity index (χ4v) is 5.12. The molecule has 0 bridgehead atoms. The molecule has 1 aliphatic rings. The highest BCUT2D eigenvalue weighted by molar-refractivity contribution is 7.98. The van der Waals surface area contributed by atoms with Crippen LogP contribution >= 0.6 is 11.8 Å². The number of carbonyl (C=O) groups excluding carboxylic acids is 3. The molecule has 2 aromatic rings. The van der Waals surface area contributed by atoms with E-state index in [4.69, 9.17) is 0 Å². The van der Waals surface area contributed by atoms with Crippen LogP contribution in [0.3, 0.4) is 0 Å². The zero-order valence-electron chi connectivity index (χ0n) is 23.7. The Kier molecular flexibility index (Phi) is 11.5. The van der Waals surface area contributed by atoms with Gasteiger partial charge in [-0.3, -0.25) is 14.4 Å². The van der Waals surface area contributed by atoms with Crippen LogP contribution in [0.4, 0.5) is 18.9 Å². The van der Waals surface area contributed by atoms with E-state index >= 15 is 0 Å². The summed E-state index contributed by atoms with van der Waals surface area (Å²) in [5.41, 5.74) is -0.406. The molecular weight excluding hydrogens is 555 g/mol. The SMILES string of the molecule is CCCN1CC[C@H](NC(=O)c2ccc(SC)cc2)[C@H](NC(=O)CNC(=O)c2cc(C(F)(F)F)ccc2NC(C)C)C1. The van der Waals surface area contributed by atoms with Gasteiger partial charge in [-0.1, -0.05) is 6.92 Å². The van der Waals surface area contributed by atoms with Crippen molar-refractivity contribution >= 4 is 35.2 Å². The lowest BCUT2D eigenvalue weighted by atomic mass is 9.98. The number of carbonyl (C=O) groups is 3. The second-order valence-electron chi connectivity index (χ2n) is 10.3. The molecule has 4 N–H and O–H groups in total. The first-order chi connectivity index (χ1) is 19.4. The molecular formula is C29H38F3N5O3S. The summed E-state index contributed by atoms with van der Waals surface area (Å²) in [6.07, 6.45) is -1.11. The van der Waals surface area contributed by atoms with E-state index in [2.05, 4.69) is 33.1 Å². The Morgan fingerprint density at radius 2 is 1.73 bits per heavy atom. The van der Waals surface area contributed by atoms with Gasteiger partial charge in [0.05, 0.1) is 29.8 Å². The van der Waals surface area contributed by atoms with Gasteiger partial charge in [0.1, 0.15) is 0 Å². The van der Waals surface area contributed by atoms with Crippen LogP contribution in [-0.4, -0.2) is 73.2 Å². The summed E-state index contributed by atoms with van der Waals surface area (Å²) in [7, 11) is 0. The van der Waals surface area contributed by atoms with E-state index in [0.717, 1.165) is 36.5 Å². The molecule has 0 spiro atoms. The first-order valence-electron chi connectivity index (χ1n) is 13.6. The number of nitrogens with zero attached hydrogens (tertiary/aromatic N) is 1. The molecule has 1 fully saturated rings. The van der Waals surface area contributed by atoms with Gasteiger partial charge >= 0.3 is 6.18 Å². The quantitative estimate of drug-likeness (QED) is 0.289. The predicted molar refractivity (Wildman–Crippen MR) is 155 cm³/mol. The molecule has 2 aromatic carbocycles. The Hall–Kier alpha value is -3.25. The molecule has 2 atom stereocenters. The molecule has 0 unspecified atom stereocenters. The Balaban J connectivity index is 1.68. The lowest BCUT2D eigenvalue weighted by molar-refractivity contribution is -0.137. The summed E-state index contributed by atoms with van der Waals surface area (Å²) in [6, 6.07) is 9.28. The molecule has 41 heavy (non-hydrogen) atoms. The minimum atomic E-state index is -4.62. The molecule has 3 rings (SSSR count). The summed E-state index contributed by atoms with van der Waals surface area (Å²) < 4.78 is 39.9. The summed E-state index contributed by atoms with van der Waals surface area (Å²) in [5.74, 6) is -1.55. The van der Waals surface area contributed by atoms with Gasteiger partial charge in [0.2, 0.25) is 5.91 Å². The monoisotopic (exact) mass is 593 g/mol. The number of amides is 3. The number of likely N-dealkylation sites (tertiary alicyclic amines) is 1. The minimum absolute atomic E-state index is 0.130. The number of hydrogen-bond donors (Lipinski definition) is 4. The third-order valence-corrected chi connectivity index (χ3v) is 7.44. The van der Waals surface area contributed by atoms with Crippen LogP contribution in [0, 0.1) is 0 Å². The Labute approximate surface area is 243 Å². The van der Waals surface area contributed by atoms with Crippen LogP contribution in [0.5, 0.6) is 0 Å². The molecule has 224 valence electrons. The van der Waals surface area contributed by atoms with E-state index in [1.165, 1.54) is 6.07 Å². The lowest BCUT2D eigenvalue weighted by Gasteiger charge is -2.39. The van der Waals surface area contributed by atoms with E-state index in [1.54, 1.807) is 37.7 Å². The van der Waals surface area contributed by atoms with Crippen LogP contribution in [0.1, 0.15) is 59.9 Å². The molecule has 8 nitrogen and oxygen atoms in total. The molecule has 0 saturated carbocycles. The summed E-state index contributed by atoms with van der Waals surface area (Å²) >= 11 is 1.58. The standard InChI is InChI=1S/C29H38F3N5O3S/c1-5-13-37-14-12-24(36-27(39)19-6-9-21(41-4)10-7-19)25(17-37)35-26(38)16-33-28(40)22-15-20(29(30,31)32)8-11-23(22)34-18(2)3/h6-11,15,18,24-25,34H,5,12-14,16-17H2,1-4H3,(H,33,40)(H,35,38)(H,36,39)/t24-,25+/m0/s1. The number of hydrogen-bond acceptors (Lipinski definition) is 6. The van der Waals surface area contributed by atoms with Crippen molar-refractivity contribution in [1.82, 2.24) is 20.9 Å². The van der Waals surface area contributed by atoms with Gasteiger partial charge in [0, 0.05) is 35.3 Å². The molecule has 3 amide bonds. The highest BCUT2D eigenvalue weighted by Crippen LogP contribution is 2.32. The Bertz CT molecular complexity index is 1210. The fourth-order valence-electron chi connectivity index (χ4n) is 4.71. The molecule has 0 aromatic heterocycles. The second-order valence-corrected chi connectivity index (χ2v) is 11.2. The first-order valence-corrected chi connectivity index (χ1v) is 14.9. The van der Waals surface area contributed by atoms with Crippen molar-refractivity contribution in [3.05, 3.63) is 59.2 Å². The van der Waals surface area contributed by atoms with Gasteiger partial charge < -0.3 is 26.2 Å². The van der Waals surface area contributed by atoms with Crippen molar-refractivity contribution in [2.24, 2.45) is 0 Å². The molecule has 1 heterocycles. The second kappa shape index (κ2) is 14.6. The number of piperidine rings is 1. The Morgan fingerprint density at radius 3 is 2.34 bits per heavy atom. The third kappa shape index (κ3) is 9.39. The van der Waals surface area contributed by atoms with Crippen molar-refractivity contribution in [2.45, 2.75) is 62.8 Å². The van der Waals surface area contributed by atoms with E-state index in [-0.39, 0.29) is 29.2 Å². The van der Waals surface area contributed by atoms with Crippen molar-refractivity contribution in [2.75, 3.05) is 37.8 Å². The average molecular weight is 594 g/mol.